The smallest absolute Gasteiger partial charge is 0.242 e. The molecule has 0 atom stereocenters. The molecular formula is C9H12N6O. The summed E-state index contributed by atoms with van der Waals surface area (Å²) in [5.74, 6) is 1.18. The van der Waals surface area contributed by atoms with Crippen molar-refractivity contribution in [1.29, 1.82) is 0 Å². The van der Waals surface area contributed by atoms with Gasteiger partial charge in [-0.2, -0.15) is 10.1 Å². The molecule has 0 unspecified atom stereocenters. The van der Waals surface area contributed by atoms with Crippen molar-refractivity contribution in [3.63, 3.8) is 0 Å². The van der Waals surface area contributed by atoms with Crippen LogP contribution in [0.25, 0.3) is 0 Å². The van der Waals surface area contributed by atoms with E-state index in [9.17, 15) is 0 Å². The zero-order chi connectivity index (χ0) is 11.4. The van der Waals surface area contributed by atoms with E-state index in [-0.39, 0.29) is 0 Å². The maximum atomic E-state index is 4.62. The molecule has 84 valence electrons. The monoisotopic (exact) mass is 220 g/mol. The first-order valence-corrected chi connectivity index (χ1v) is 4.93. The Labute approximate surface area is 92.3 Å². The molecule has 2 aromatic rings. The van der Waals surface area contributed by atoms with Crippen molar-refractivity contribution >= 4 is 5.95 Å². The number of hydrogen-bond donors (Lipinski definition) is 1. The van der Waals surface area contributed by atoms with E-state index in [2.05, 4.69) is 35.2 Å². The molecule has 0 aliphatic heterocycles. The Bertz CT molecular complexity index is 455. The van der Waals surface area contributed by atoms with Gasteiger partial charge in [-0.1, -0.05) is 5.16 Å². The van der Waals surface area contributed by atoms with E-state index in [1.54, 1.807) is 0 Å². The minimum Gasteiger partial charge on any atom is -0.352 e. The Morgan fingerprint density at radius 3 is 2.81 bits per heavy atom. The zero-order valence-corrected chi connectivity index (χ0v) is 9.14. The fourth-order valence-corrected chi connectivity index (χ4v) is 1.12. The molecule has 1 N–H and O–H groups in total. The van der Waals surface area contributed by atoms with Crippen LogP contribution in [0.15, 0.2) is 10.9 Å². The Balaban J connectivity index is 1.87. The van der Waals surface area contributed by atoms with Crippen molar-refractivity contribution in [2.24, 2.45) is 0 Å². The van der Waals surface area contributed by atoms with Crippen LogP contribution in [0.2, 0.25) is 0 Å². The van der Waals surface area contributed by atoms with Crippen LogP contribution in [0.1, 0.15) is 17.2 Å². The van der Waals surface area contributed by atoms with Gasteiger partial charge in [0.25, 0.3) is 0 Å². The first-order valence-electron chi connectivity index (χ1n) is 4.93. The minimum absolute atomic E-state index is 0.520. The molecule has 0 aromatic carbocycles. The summed E-state index contributed by atoms with van der Waals surface area (Å²) < 4.78 is 4.62. The number of nitrogens with zero attached hydrogens (tertiary/aromatic N) is 5. The summed E-state index contributed by atoms with van der Waals surface area (Å²) in [7, 11) is 0. The molecule has 0 aliphatic rings. The molecule has 2 heterocycles. The van der Waals surface area contributed by atoms with Gasteiger partial charge < -0.3 is 9.84 Å². The van der Waals surface area contributed by atoms with Gasteiger partial charge in [0, 0.05) is 13.0 Å². The van der Waals surface area contributed by atoms with Gasteiger partial charge in [-0.3, -0.25) is 0 Å². The largest absolute Gasteiger partial charge is 0.352 e. The van der Waals surface area contributed by atoms with E-state index in [4.69, 9.17) is 0 Å². The average molecular weight is 220 g/mol. The van der Waals surface area contributed by atoms with Gasteiger partial charge in [-0.25, -0.2) is 4.98 Å². The molecular weight excluding hydrogens is 208 g/mol. The number of hydrogen-bond acceptors (Lipinski definition) is 7. The topological polar surface area (TPSA) is 89.6 Å². The normalized spacial score (nSPS) is 10.4. The fourth-order valence-electron chi connectivity index (χ4n) is 1.12. The van der Waals surface area contributed by atoms with Crippen molar-refractivity contribution in [2.75, 3.05) is 11.9 Å². The predicted octanol–water partition coefficient (Wildman–Crippen LogP) is 0.526. The summed E-state index contributed by atoms with van der Waals surface area (Å²) in [6.45, 7) is 4.41. The second kappa shape index (κ2) is 4.65. The Morgan fingerprint density at radius 2 is 2.12 bits per heavy atom. The van der Waals surface area contributed by atoms with Crippen LogP contribution in [-0.2, 0) is 6.42 Å². The van der Waals surface area contributed by atoms with Gasteiger partial charge in [0.1, 0.15) is 0 Å². The van der Waals surface area contributed by atoms with E-state index < -0.39 is 0 Å². The second-order valence-corrected chi connectivity index (χ2v) is 3.33. The summed E-state index contributed by atoms with van der Waals surface area (Å²) in [6, 6.07) is 0. The molecule has 0 bridgehead atoms. The molecule has 7 heteroatoms. The van der Waals surface area contributed by atoms with E-state index >= 15 is 0 Å². The van der Waals surface area contributed by atoms with Crippen LogP contribution in [0.4, 0.5) is 5.95 Å². The van der Waals surface area contributed by atoms with Crippen molar-refractivity contribution in [3.05, 3.63) is 23.6 Å². The maximum Gasteiger partial charge on any atom is 0.242 e. The van der Waals surface area contributed by atoms with E-state index in [0.29, 0.717) is 24.7 Å². The third-order valence-electron chi connectivity index (χ3n) is 2.13. The van der Waals surface area contributed by atoms with E-state index in [0.717, 1.165) is 11.4 Å². The van der Waals surface area contributed by atoms with Crippen LogP contribution in [0, 0.1) is 13.8 Å². The van der Waals surface area contributed by atoms with Gasteiger partial charge in [0.05, 0.1) is 11.4 Å². The van der Waals surface area contributed by atoms with Crippen LogP contribution >= 0.6 is 0 Å². The average Bonchev–Trinajstić information content (AvgIpc) is 2.76. The zero-order valence-electron chi connectivity index (χ0n) is 9.14. The fraction of sp³-hybridized carbons (Fsp3) is 0.444. The standard InChI is InChI=1S/C9H12N6O/c1-6-7(2)13-14-9(12-6)10-4-3-8-11-5-16-15-8/h5H,3-4H2,1-2H3,(H,10,12,14). The number of rotatable bonds is 4. The number of aryl methyl sites for hydroxylation is 2. The first kappa shape index (κ1) is 10.5. The number of anilines is 1. The lowest BCUT2D eigenvalue weighted by Crippen LogP contribution is -2.10. The van der Waals surface area contributed by atoms with Crippen molar-refractivity contribution in [3.8, 4) is 0 Å². The summed E-state index contributed by atoms with van der Waals surface area (Å²) >= 11 is 0. The molecule has 0 amide bonds. The molecule has 0 saturated heterocycles. The lowest BCUT2D eigenvalue weighted by molar-refractivity contribution is 0.410. The van der Waals surface area contributed by atoms with Crippen molar-refractivity contribution in [2.45, 2.75) is 20.3 Å². The summed E-state index contributed by atoms with van der Waals surface area (Å²) in [4.78, 5) is 8.15. The number of aromatic nitrogens is 5. The molecule has 0 fully saturated rings. The van der Waals surface area contributed by atoms with Crippen LogP contribution in [-0.4, -0.2) is 31.9 Å². The molecule has 16 heavy (non-hydrogen) atoms. The predicted molar refractivity (Wildman–Crippen MR) is 55.8 cm³/mol. The lowest BCUT2D eigenvalue weighted by atomic mass is 10.4. The maximum absolute atomic E-state index is 4.62. The Hall–Kier alpha value is -2.05. The number of nitrogens with one attached hydrogen (secondary N) is 1. The molecule has 0 saturated carbocycles. The quantitative estimate of drug-likeness (QED) is 0.803. The molecule has 0 spiro atoms. The van der Waals surface area contributed by atoms with Crippen LogP contribution < -0.4 is 5.32 Å². The third-order valence-corrected chi connectivity index (χ3v) is 2.13. The highest BCUT2D eigenvalue weighted by molar-refractivity contribution is 5.24. The lowest BCUT2D eigenvalue weighted by Gasteiger charge is -2.03. The molecule has 2 rings (SSSR count). The minimum atomic E-state index is 0.520. The molecule has 0 radical (unpaired) electrons. The summed E-state index contributed by atoms with van der Waals surface area (Å²) in [6.07, 6.45) is 1.97. The highest BCUT2D eigenvalue weighted by Gasteiger charge is 2.02. The van der Waals surface area contributed by atoms with Gasteiger partial charge in [0.15, 0.2) is 5.82 Å². The van der Waals surface area contributed by atoms with E-state index in [1.165, 1.54) is 6.39 Å². The van der Waals surface area contributed by atoms with Gasteiger partial charge in [-0.15, -0.1) is 5.10 Å². The van der Waals surface area contributed by atoms with Crippen molar-refractivity contribution in [1.82, 2.24) is 25.3 Å². The SMILES string of the molecule is Cc1nnc(NCCc2ncon2)nc1C. The molecule has 0 aliphatic carbocycles. The molecule has 7 nitrogen and oxygen atoms in total. The van der Waals surface area contributed by atoms with Gasteiger partial charge >= 0.3 is 0 Å². The Morgan fingerprint density at radius 1 is 1.25 bits per heavy atom. The highest BCUT2D eigenvalue weighted by atomic mass is 16.5. The highest BCUT2D eigenvalue weighted by Crippen LogP contribution is 2.01. The second-order valence-electron chi connectivity index (χ2n) is 3.33. The summed E-state index contributed by atoms with van der Waals surface area (Å²) in [5, 5.41) is 14.6. The van der Waals surface area contributed by atoms with Gasteiger partial charge in [0.2, 0.25) is 12.3 Å². The first-order chi connectivity index (χ1) is 7.75. The van der Waals surface area contributed by atoms with Crippen LogP contribution in [0.3, 0.4) is 0 Å². The van der Waals surface area contributed by atoms with E-state index in [1.807, 2.05) is 13.8 Å². The van der Waals surface area contributed by atoms with Gasteiger partial charge in [-0.05, 0) is 13.8 Å². The van der Waals surface area contributed by atoms with Crippen molar-refractivity contribution < 1.29 is 4.52 Å². The molecule has 2 aromatic heterocycles. The summed E-state index contributed by atoms with van der Waals surface area (Å²) in [5.41, 5.74) is 1.71. The van der Waals surface area contributed by atoms with Crippen LogP contribution in [0.5, 0.6) is 0 Å². The Kier molecular flexibility index (Phi) is 3.04. The third kappa shape index (κ3) is 2.50.